The third kappa shape index (κ3) is 4.22. The third-order valence-corrected chi connectivity index (χ3v) is 5.54. The van der Waals surface area contributed by atoms with Crippen molar-refractivity contribution in [1.82, 2.24) is 25.2 Å². The lowest BCUT2D eigenvalue weighted by molar-refractivity contribution is 0.301. The Hall–Kier alpha value is -2.41. The fourth-order valence-corrected chi connectivity index (χ4v) is 4.03. The van der Waals surface area contributed by atoms with E-state index in [-0.39, 0.29) is 0 Å². The molecule has 4 rings (SSSR count). The number of pyridine rings is 1. The van der Waals surface area contributed by atoms with E-state index in [0.717, 1.165) is 22.4 Å². The molecule has 0 radical (unpaired) electrons. The Kier molecular flexibility index (Phi) is 5.44. The highest BCUT2D eigenvalue weighted by Gasteiger charge is 2.21. The Balaban J connectivity index is 1.31. The van der Waals surface area contributed by atoms with Crippen LogP contribution in [-0.2, 0) is 12.4 Å². The molecule has 0 unspecified atom stereocenters. The Bertz CT molecular complexity index is 815. The largest absolute Gasteiger partial charge is 0.487 e. The van der Waals surface area contributed by atoms with E-state index < -0.39 is 0 Å². The lowest BCUT2D eigenvalue weighted by Gasteiger charge is -2.11. The first-order valence-electron chi connectivity index (χ1n) is 8.91. The highest BCUT2D eigenvalue weighted by atomic mass is 32.2. The van der Waals surface area contributed by atoms with Crippen LogP contribution >= 0.6 is 11.8 Å². The van der Waals surface area contributed by atoms with E-state index in [9.17, 15) is 0 Å². The van der Waals surface area contributed by atoms with Crippen molar-refractivity contribution in [2.75, 3.05) is 0 Å². The molecule has 0 saturated heterocycles. The van der Waals surface area contributed by atoms with Gasteiger partial charge in [0.25, 0.3) is 0 Å². The maximum atomic E-state index is 5.78. The van der Waals surface area contributed by atoms with Crippen molar-refractivity contribution >= 4 is 11.8 Å². The van der Waals surface area contributed by atoms with Gasteiger partial charge in [-0.25, -0.2) is 4.68 Å². The van der Waals surface area contributed by atoms with Crippen LogP contribution in [0.25, 0.3) is 0 Å². The molecule has 1 saturated carbocycles. The summed E-state index contributed by atoms with van der Waals surface area (Å²) in [5, 5.41) is 13.1. The van der Waals surface area contributed by atoms with Gasteiger partial charge in [-0.3, -0.25) is 4.98 Å². The third-order valence-electron chi connectivity index (χ3n) is 4.54. The monoisotopic (exact) mass is 367 g/mol. The van der Waals surface area contributed by atoms with Crippen molar-refractivity contribution in [2.45, 2.75) is 49.2 Å². The number of thioether (sulfide) groups is 1. The number of rotatable bonds is 7. The van der Waals surface area contributed by atoms with Crippen LogP contribution in [0.3, 0.4) is 0 Å². The molecule has 0 N–H and O–H groups in total. The van der Waals surface area contributed by atoms with Gasteiger partial charge in [0, 0.05) is 11.9 Å². The van der Waals surface area contributed by atoms with Crippen LogP contribution in [0.5, 0.6) is 5.75 Å². The van der Waals surface area contributed by atoms with Gasteiger partial charge in [-0.15, -0.1) is 5.10 Å². The normalized spacial score (nSPS) is 14.6. The van der Waals surface area contributed by atoms with Crippen molar-refractivity contribution in [3.63, 3.8) is 0 Å². The molecule has 0 amide bonds. The maximum absolute atomic E-state index is 5.78. The molecule has 1 fully saturated rings. The molecule has 134 valence electrons. The van der Waals surface area contributed by atoms with E-state index in [1.807, 2.05) is 35.0 Å². The van der Waals surface area contributed by atoms with Gasteiger partial charge >= 0.3 is 0 Å². The Labute approximate surface area is 157 Å². The predicted molar refractivity (Wildman–Crippen MR) is 99.9 cm³/mol. The summed E-state index contributed by atoms with van der Waals surface area (Å²) >= 11 is 1.69. The summed E-state index contributed by atoms with van der Waals surface area (Å²) in [4.78, 5) is 4.26. The van der Waals surface area contributed by atoms with Crippen molar-refractivity contribution in [3.05, 3.63) is 59.9 Å². The van der Waals surface area contributed by atoms with E-state index in [1.54, 1.807) is 18.0 Å². The van der Waals surface area contributed by atoms with Crippen LogP contribution in [0, 0.1) is 0 Å². The molecule has 7 heteroatoms. The summed E-state index contributed by atoms with van der Waals surface area (Å²) in [6.07, 6.45) is 6.68. The fourth-order valence-electron chi connectivity index (χ4n) is 3.13. The van der Waals surface area contributed by atoms with E-state index in [0.29, 0.717) is 12.6 Å². The summed E-state index contributed by atoms with van der Waals surface area (Å²) in [7, 11) is 0. The van der Waals surface area contributed by atoms with Crippen LogP contribution < -0.4 is 4.74 Å². The summed E-state index contributed by atoms with van der Waals surface area (Å²) in [6.45, 7) is 0.477. The van der Waals surface area contributed by atoms with Crippen LogP contribution in [0.1, 0.15) is 43.0 Å². The van der Waals surface area contributed by atoms with Crippen molar-refractivity contribution in [2.24, 2.45) is 0 Å². The van der Waals surface area contributed by atoms with Gasteiger partial charge in [-0.05, 0) is 53.1 Å². The van der Waals surface area contributed by atoms with Gasteiger partial charge < -0.3 is 4.74 Å². The van der Waals surface area contributed by atoms with E-state index in [2.05, 4.69) is 32.6 Å². The molecule has 3 aromatic rings. The number of tetrazole rings is 1. The number of hydrogen-bond acceptors (Lipinski definition) is 6. The zero-order chi connectivity index (χ0) is 17.6. The van der Waals surface area contributed by atoms with Gasteiger partial charge in [0.1, 0.15) is 12.4 Å². The smallest absolute Gasteiger partial charge is 0.209 e. The molecule has 0 aliphatic heterocycles. The topological polar surface area (TPSA) is 65.7 Å². The second-order valence-corrected chi connectivity index (χ2v) is 7.33. The number of benzene rings is 1. The zero-order valence-electron chi connectivity index (χ0n) is 14.5. The van der Waals surface area contributed by atoms with Crippen molar-refractivity contribution in [3.8, 4) is 5.75 Å². The van der Waals surface area contributed by atoms with Crippen LogP contribution in [0.4, 0.5) is 0 Å². The van der Waals surface area contributed by atoms with Gasteiger partial charge in [0.15, 0.2) is 0 Å². The van der Waals surface area contributed by atoms with Gasteiger partial charge in [-0.2, -0.15) is 0 Å². The summed E-state index contributed by atoms with van der Waals surface area (Å²) < 4.78 is 7.78. The molecule has 26 heavy (non-hydrogen) atoms. The van der Waals surface area contributed by atoms with Crippen molar-refractivity contribution < 1.29 is 4.74 Å². The summed E-state index contributed by atoms with van der Waals surface area (Å²) in [5.41, 5.74) is 2.15. The maximum Gasteiger partial charge on any atom is 0.209 e. The minimum absolute atomic E-state index is 0.467. The number of ether oxygens (including phenoxy) is 1. The molecular formula is C19H21N5OS. The SMILES string of the molecule is c1ccc(COc2ccc(CSc3nnnn3C3CCCC3)cc2)nc1. The molecule has 6 nitrogen and oxygen atoms in total. The summed E-state index contributed by atoms with van der Waals surface area (Å²) in [6, 6.07) is 14.5. The molecule has 2 heterocycles. The standard InChI is InChI=1S/C19H21N5OS/c1-2-7-17(6-1)24-19(21-22-23-24)26-14-15-8-10-18(11-9-15)25-13-16-5-3-4-12-20-16/h3-5,8-12,17H,1-2,6-7,13-14H2. The van der Waals surface area contributed by atoms with E-state index in [1.165, 1.54) is 31.2 Å². The molecule has 1 aliphatic rings. The Morgan fingerprint density at radius 3 is 2.69 bits per heavy atom. The van der Waals surface area contributed by atoms with Gasteiger partial charge in [-0.1, -0.05) is 42.8 Å². The van der Waals surface area contributed by atoms with Gasteiger partial charge in [0.05, 0.1) is 11.7 Å². The number of hydrogen-bond donors (Lipinski definition) is 0. The molecule has 0 bridgehead atoms. The first-order valence-corrected chi connectivity index (χ1v) is 9.89. The minimum atomic E-state index is 0.467. The van der Waals surface area contributed by atoms with E-state index in [4.69, 9.17) is 4.74 Å². The van der Waals surface area contributed by atoms with Crippen LogP contribution in [0.15, 0.2) is 53.8 Å². The molecule has 0 atom stereocenters. The lowest BCUT2D eigenvalue weighted by atomic mass is 10.2. The minimum Gasteiger partial charge on any atom is -0.487 e. The predicted octanol–water partition coefficient (Wildman–Crippen LogP) is 4.05. The zero-order valence-corrected chi connectivity index (χ0v) is 15.3. The molecule has 1 aliphatic carbocycles. The highest BCUT2D eigenvalue weighted by Crippen LogP contribution is 2.32. The Morgan fingerprint density at radius 1 is 1.08 bits per heavy atom. The van der Waals surface area contributed by atoms with Crippen molar-refractivity contribution in [1.29, 1.82) is 0 Å². The first kappa shape index (κ1) is 17.0. The molecule has 2 aromatic heterocycles. The van der Waals surface area contributed by atoms with Crippen LogP contribution in [-0.4, -0.2) is 25.2 Å². The average molecular weight is 367 g/mol. The molecular weight excluding hydrogens is 346 g/mol. The highest BCUT2D eigenvalue weighted by molar-refractivity contribution is 7.98. The summed E-state index contributed by atoms with van der Waals surface area (Å²) in [5.74, 6) is 1.69. The first-order chi connectivity index (χ1) is 12.9. The van der Waals surface area contributed by atoms with Gasteiger partial charge in [0.2, 0.25) is 5.16 Å². The number of aromatic nitrogens is 5. The second kappa shape index (κ2) is 8.31. The average Bonchev–Trinajstić information content (AvgIpc) is 3.37. The van der Waals surface area contributed by atoms with E-state index >= 15 is 0 Å². The number of nitrogens with zero attached hydrogens (tertiary/aromatic N) is 5. The molecule has 1 aromatic carbocycles. The quantitative estimate of drug-likeness (QED) is 0.587. The Morgan fingerprint density at radius 2 is 1.92 bits per heavy atom. The fraction of sp³-hybridized carbons (Fsp3) is 0.368. The molecule has 0 spiro atoms. The lowest BCUT2D eigenvalue weighted by Crippen LogP contribution is -2.08. The second-order valence-electron chi connectivity index (χ2n) is 6.39. The van der Waals surface area contributed by atoms with Crippen LogP contribution in [0.2, 0.25) is 0 Å².